The number of rotatable bonds is 2. The van der Waals surface area contributed by atoms with Gasteiger partial charge in [-0.05, 0) is 5.56 Å². The van der Waals surface area contributed by atoms with Gasteiger partial charge in [-0.3, -0.25) is 20.4 Å². The molecule has 0 bridgehead atoms. The minimum absolute atomic E-state index is 0.209. The van der Waals surface area contributed by atoms with Crippen molar-refractivity contribution in [2.45, 2.75) is 27.2 Å². The van der Waals surface area contributed by atoms with E-state index in [1.165, 1.54) is 0 Å². The molecule has 0 aromatic heterocycles. The molecule has 0 radical (unpaired) electrons. The molecule has 0 spiro atoms. The van der Waals surface area contributed by atoms with E-state index in [9.17, 15) is 9.59 Å². The number of hydrogen-bond donors (Lipinski definition) is 2. The van der Waals surface area contributed by atoms with Gasteiger partial charge in [0.05, 0.1) is 6.42 Å². The van der Waals surface area contributed by atoms with Crippen LogP contribution in [0.1, 0.15) is 26.3 Å². The Morgan fingerprint density at radius 1 is 1.06 bits per heavy atom. The average molecular weight is 234 g/mol. The van der Waals surface area contributed by atoms with Gasteiger partial charge in [-0.1, -0.05) is 51.1 Å². The van der Waals surface area contributed by atoms with Crippen LogP contribution in [0.5, 0.6) is 0 Å². The summed E-state index contributed by atoms with van der Waals surface area (Å²) >= 11 is 0. The molecule has 2 N–H and O–H groups in total. The Morgan fingerprint density at radius 2 is 1.65 bits per heavy atom. The van der Waals surface area contributed by atoms with Gasteiger partial charge < -0.3 is 0 Å². The number of amides is 2. The summed E-state index contributed by atoms with van der Waals surface area (Å²) in [6.45, 7) is 5.35. The summed E-state index contributed by atoms with van der Waals surface area (Å²) < 4.78 is 0. The van der Waals surface area contributed by atoms with Crippen LogP contribution in [0.2, 0.25) is 0 Å². The van der Waals surface area contributed by atoms with E-state index in [-0.39, 0.29) is 18.2 Å². The van der Waals surface area contributed by atoms with Crippen LogP contribution in [-0.2, 0) is 16.0 Å². The molecule has 0 unspecified atom stereocenters. The second kappa shape index (κ2) is 5.48. The fourth-order valence-electron chi connectivity index (χ4n) is 1.14. The molecular weight excluding hydrogens is 216 g/mol. The summed E-state index contributed by atoms with van der Waals surface area (Å²) in [5.41, 5.74) is 5.20. The van der Waals surface area contributed by atoms with Crippen LogP contribution < -0.4 is 10.9 Å². The van der Waals surface area contributed by atoms with E-state index in [0.717, 1.165) is 5.56 Å². The van der Waals surface area contributed by atoms with Crippen LogP contribution in [0.3, 0.4) is 0 Å². The molecule has 4 nitrogen and oxygen atoms in total. The molecule has 0 saturated carbocycles. The maximum absolute atomic E-state index is 11.5. The van der Waals surface area contributed by atoms with Gasteiger partial charge in [0.2, 0.25) is 11.8 Å². The number of nitrogens with one attached hydrogen (secondary N) is 2. The third-order valence-corrected chi connectivity index (χ3v) is 2.20. The Bertz CT molecular complexity index is 394. The smallest absolute Gasteiger partial charge is 0.243 e. The summed E-state index contributed by atoms with van der Waals surface area (Å²) in [6, 6.07) is 9.37. The van der Waals surface area contributed by atoms with Crippen molar-refractivity contribution < 1.29 is 9.59 Å². The fraction of sp³-hybridized carbons (Fsp3) is 0.385. The van der Waals surface area contributed by atoms with Gasteiger partial charge in [-0.25, -0.2) is 0 Å². The standard InChI is InChI=1S/C13H18N2O2/c1-13(2,3)12(17)15-14-11(16)9-10-7-5-4-6-8-10/h4-8H,9H2,1-3H3,(H,14,16)(H,15,17). The molecule has 1 aromatic rings. The monoisotopic (exact) mass is 234 g/mol. The van der Waals surface area contributed by atoms with Crippen LogP contribution in [0.15, 0.2) is 30.3 Å². The minimum Gasteiger partial charge on any atom is -0.273 e. The van der Waals surface area contributed by atoms with Crippen molar-refractivity contribution in [1.29, 1.82) is 0 Å². The lowest BCUT2D eigenvalue weighted by Crippen LogP contribution is -2.47. The summed E-state index contributed by atoms with van der Waals surface area (Å²) in [6.07, 6.45) is 0.255. The molecule has 0 atom stereocenters. The molecular formula is C13H18N2O2. The highest BCUT2D eigenvalue weighted by molar-refractivity contribution is 5.85. The van der Waals surface area contributed by atoms with Crippen molar-refractivity contribution in [2.24, 2.45) is 5.41 Å². The lowest BCUT2D eigenvalue weighted by Gasteiger charge is -2.17. The van der Waals surface area contributed by atoms with Gasteiger partial charge >= 0.3 is 0 Å². The van der Waals surface area contributed by atoms with Crippen LogP contribution in [0.4, 0.5) is 0 Å². The highest BCUT2D eigenvalue weighted by Gasteiger charge is 2.21. The Labute approximate surface area is 101 Å². The molecule has 2 amide bonds. The molecule has 0 aliphatic rings. The van der Waals surface area contributed by atoms with Gasteiger partial charge in [-0.2, -0.15) is 0 Å². The fourth-order valence-corrected chi connectivity index (χ4v) is 1.14. The van der Waals surface area contributed by atoms with E-state index >= 15 is 0 Å². The van der Waals surface area contributed by atoms with Crippen LogP contribution >= 0.6 is 0 Å². The Balaban J connectivity index is 2.39. The van der Waals surface area contributed by atoms with Crippen molar-refractivity contribution in [3.8, 4) is 0 Å². The zero-order chi connectivity index (χ0) is 12.9. The lowest BCUT2D eigenvalue weighted by molar-refractivity contribution is -0.133. The summed E-state index contributed by atoms with van der Waals surface area (Å²) in [5, 5.41) is 0. The molecule has 1 aromatic carbocycles. The van der Waals surface area contributed by atoms with E-state index < -0.39 is 5.41 Å². The SMILES string of the molecule is CC(C)(C)C(=O)NNC(=O)Cc1ccccc1. The Morgan fingerprint density at radius 3 is 2.18 bits per heavy atom. The second-order valence-corrected chi connectivity index (χ2v) is 4.91. The maximum atomic E-state index is 11.5. The number of carbonyl (C=O) groups is 2. The number of hydrogen-bond acceptors (Lipinski definition) is 2. The van der Waals surface area contributed by atoms with Crippen molar-refractivity contribution in [1.82, 2.24) is 10.9 Å². The molecule has 17 heavy (non-hydrogen) atoms. The van der Waals surface area contributed by atoms with E-state index in [1.54, 1.807) is 20.8 Å². The molecule has 0 saturated heterocycles. The maximum Gasteiger partial charge on any atom is 0.243 e. The predicted octanol–water partition coefficient (Wildman–Crippen LogP) is 1.42. The highest BCUT2D eigenvalue weighted by Crippen LogP contribution is 2.11. The largest absolute Gasteiger partial charge is 0.273 e. The summed E-state index contributed by atoms with van der Waals surface area (Å²) in [7, 11) is 0. The van der Waals surface area contributed by atoms with E-state index in [4.69, 9.17) is 0 Å². The van der Waals surface area contributed by atoms with Gasteiger partial charge in [0.15, 0.2) is 0 Å². The van der Waals surface area contributed by atoms with Gasteiger partial charge in [0.25, 0.3) is 0 Å². The van der Waals surface area contributed by atoms with Crippen LogP contribution in [0, 0.1) is 5.41 Å². The zero-order valence-corrected chi connectivity index (χ0v) is 10.4. The molecule has 92 valence electrons. The first-order valence-electron chi connectivity index (χ1n) is 5.53. The Kier molecular flexibility index (Phi) is 4.26. The number of carbonyl (C=O) groups excluding carboxylic acids is 2. The summed E-state index contributed by atoms with van der Waals surface area (Å²) in [4.78, 5) is 23.0. The first-order chi connectivity index (χ1) is 7.89. The quantitative estimate of drug-likeness (QED) is 0.760. The zero-order valence-electron chi connectivity index (χ0n) is 10.4. The highest BCUT2D eigenvalue weighted by atomic mass is 16.2. The number of hydrazine groups is 1. The molecule has 0 aliphatic carbocycles. The van der Waals surface area contributed by atoms with Gasteiger partial charge in [0.1, 0.15) is 0 Å². The first kappa shape index (κ1) is 13.2. The third kappa shape index (κ3) is 4.68. The van der Waals surface area contributed by atoms with E-state index in [1.807, 2.05) is 30.3 Å². The van der Waals surface area contributed by atoms with Crippen molar-refractivity contribution >= 4 is 11.8 Å². The lowest BCUT2D eigenvalue weighted by atomic mass is 9.96. The minimum atomic E-state index is -0.514. The topological polar surface area (TPSA) is 58.2 Å². The normalized spacial score (nSPS) is 10.8. The van der Waals surface area contributed by atoms with Crippen molar-refractivity contribution in [2.75, 3.05) is 0 Å². The van der Waals surface area contributed by atoms with E-state index in [2.05, 4.69) is 10.9 Å². The van der Waals surface area contributed by atoms with Crippen LogP contribution in [0.25, 0.3) is 0 Å². The van der Waals surface area contributed by atoms with Crippen molar-refractivity contribution in [3.63, 3.8) is 0 Å². The van der Waals surface area contributed by atoms with Crippen molar-refractivity contribution in [3.05, 3.63) is 35.9 Å². The second-order valence-electron chi connectivity index (χ2n) is 4.91. The third-order valence-electron chi connectivity index (χ3n) is 2.20. The van der Waals surface area contributed by atoms with Crippen LogP contribution in [-0.4, -0.2) is 11.8 Å². The average Bonchev–Trinajstić information content (AvgIpc) is 2.26. The number of benzene rings is 1. The van der Waals surface area contributed by atoms with Gasteiger partial charge in [0, 0.05) is 5.41 Å². The molecule has 0 fully saturated rings. The summed E-state index contributed by atoms with van der Waals surface area (Å²) in [5.74, 6) is -0.437. The molecule has 0 aliphatic heterocycles. The Hall–Kier alpha value is -1.84. The van der Waals surface area contributed by atoms with E-state index in [0.29, 0.717) is 0 Å². The molecule has 4 heteroatoms. The molecule has 0 heterocycles. The first-order valence-corrected chi connectivity index (χ1v) is 5.53. The predicted molar refractivity (Wildman–Crippen MR) is 65.9 cm³/mol. The van der Waals surface area contributed by atoms with Gasteiger partial charge in [-0.15, -0.1) is 0 Å². The molecule has 1 rings (SSSR count).